The van der Waals surface area contributed by atoms with Crippen LogP contribution in [0.3, 0.4) is 0 Å². The summed E-state index contributed by atoms with van der Waals surface area (Å²) in [5, 5.41) is 4.67. The first kappa shape index (κ1) is 17.3. The molecule has 0 aromatic carbocycles. The molecule has 0 N–H and O–H groups in total. The number of carbonyl (C=O) groups excluding carboxylic acids is 1. The van der Waals surface area contributed by atoms with Crippen molar-refractivity contribution in [3.05, 3.63) is 41.1 Å². The van der Waals surface area contributed by atoms with Crippen LogP contribution in [0.4, 0.5) is 0 Å². The number of rotatable bonds is 5. The van der Waals surface area contributed by atoms with E-state index in [0.29, 0.717) is 25.5 Å². The molecule has 0 radical (unpaired) electrons. The van der Waals surface area contributed by atoms with Crippen LogP contribution in [0, 0.1) is 12.8 Å². The fraction of sp³-hybridized carbons (Fsp3) is 0.600. The first-order chi connectivity index (χ1) is 12.7. The van der Waals surface area contributed by atoms with Crippen LogP contribution in [0.2, 0.25) is 0 Å². The van der Waals surface area contributed by atoms with Gasteiger partial charge in [0.15, 0.2) is 5.76 Å². The van der Waals surface area contributed by atoms with E-state index in [-0.39, 0.29) is 11.8 Å². The molecular formula is C20H27N3O3. The lowest BCUT2D eigenvalue weighted by Gasteiger charge is -2.33. The number of aryl methyl sites for hydroxylation is 1. The van der Waals surface area contributed by atoms with Crippen LogP contribution in [0.15, 0.2) is 22.9 Å². The number of aromatic nitrogens is 2. The van der Waals surface area contributed by atoms with Gasteiger partial charge in [-0.15, -0.1) is 0 Å². The lowest BCUT2D eigenvalue weighted by Crippen LogP contribution is -2.40. The van der Waals surface area contributed by atoms with Crippen molar-refractivity contribution < 1.29 is 13.9 Å². The third-order valence-electron chi connectivity index (χ3n) is 5.77. The van der Waals surface area contributed by atoms with E-state index in [1.54, 1.807) is 13.4 Å². The minimum absolute atomic E-state index is 0.0530. The van der Waals surface area contributed by atoms with Crippen molar-refractivity contribution in [3.63, 3.8) is 0 Å². The van der Waals surface area contributed by atoms with Crippen molar-refractivity contribution in [1.29, 1.82) is 0 Å². The van der Waals surface area contributed by atoms with E-state index >= 15 is 0 Å². The second-order valence-electron chi connectivity index (χ2n) is 7.66. The van der Waals surface area contributed by atoms with Crippen LogP contribution < -0.4 is 0 Å². The van der Waals surface area contributed by atoms with Gasteiger partial charge in [0, 0.05) is 43.8 Å². The van der Waals surface area contributed by atoms with E-state index in [0.717, 1.165) is 23.6 Å². The Balaban J connectivity index is 1.58. The van der Waals surface area contributed by atoms with Crippen molar-refractivity contribution in [2.75, 3.05) is 20.3 Å². The average molecular weight is 357 g/mol. The normalized spacial score (nSPS) is 20.5. The third kappa shape index (κ3) is 3.18. The van der Waals surface area contributed by atoms with E-state index in [4.69, 9.17) is 9.15 Å². The smallest absolute Gasteiger partial charge is 0.290 e. The van der Waals surface area contributed by atoms with E-state index in [2.05, 4.69) is 9.78 Å². The highest BCUT2D eigenvalue weighted by Gasteiger charge is 2.34. The number of furan rings is 1. The van der Waals surface area contributed by atoms with Gasteiger partial charge in [-0.25, -0.2) is 0 Å². The summed E-state index contributed by atoms with van der Waals surface area (Å²) in [6.07, 6.45) is 8.77. The molecule has 2 aromatic rings. The number of fused-ring (bicyclic) bond motifs is 1. The molecule has 0 saturated heterocycles. The molecule has 1 unspecified atom stereocenters. The molecule has 3 heterocycles. The SMILES string of the molecule is COCC1CN(C(=O)c2occc2C)Cc2cnn(CC3CCCC3)c21. The Labute approximate surface area is 154 Å². The molecule has 6 heteroatoms. The molecule has 4 rings (SSSR count). The van der Waals surface area contributed by atoms with E-state index in [1.807, 2.05) is 24.1 Å². The molecule has 6 nitrogen and oxygen atoms in total. The molecule has 1 saturated carbocycles. The minimum Gasteiger partial charge on any atom is -0.459 e. The molecule has 140 valence electrons. The minimum atomic E-state index is -0.0530. The lowest BCUT2D eigenvalue weighted by atomic mass is 9.96. The second kappa shape index (κ2) is 7.27. The third-order valence-corrected chi connectivity index (χ3v) is 5.77. The van der Waals surface area contributed by atoms with Gasteiger partial charge < -0.3 is 14.1 Å². The number of nitrogens with zero attached hydrogens (tertiary/aromatic N) is 3. The van der Waals surface area contributed by atoms with Crippen molar-refractivity contribution >= 4 is 5.91 Å². The Morgan fingerprint density at radius 2 is 2.19 bits per heavy atom. The van der Waals surface area contributed by atoms with Crippen molar-refractivity contribution in [3.8, 4) is 0 Å². The fourth-order valence-electron chi connectivity index (χ4n) is 4.46. The molecule has 2 aliphatic rings. The number of hydrogen-bond acceptors (Lipinski definition) is 4. The number of hydrogen-bond donors (Lipinski definition) is 0. The van der Waals surface area contributed by atoms with Gasteiger partial charge in [-0.1, -0.05) is 12.8 Å². The van der Waals surface area contributed by atoms with Crippen molar-refractivity contribution in [2.24, 2.45) is 5.92 Å². The zero-order chi connectivity index (χ0) is 18.1. The number of methoxy groups -OCH3 is 1. The predicted molar refractivity (Wildman–Crippen MR) is 97.0 cm³/mol. The van der Waals surface area contributed by atoms with Crippen LogP contribution in [0.1, 0.15) is 59.0 Å². The van der Waals surface area contributed by atoms with Gasteiger partial charge in [0.25, 0.3) is 5.91 Å². The van der Waals surface area contributed by atoms with Gasteiger partial charge in [0.1, 0.15) is 0 Å². The zero-order valence-electron chi connectivity index (χ0n) is 15.6. The summed E-state index contributed by atoms with van der Waals surface area (Å²) in [5.74, 6) is 1.25. The highest BCUT2D eigenvalue weighted by molar-refractivity contribution is 5.93. The van der Waals surface area contributed by atoms with E-state index < -0.39 is 0 Å². The first-order valence-corrected chi connectivity index (χ1v) is 9.54. The molecular weight excluding hydrogens is 330 g/mol. The van der Waals surface area contributed by atoms with Gasteiger partial charge in [0.2, 0.25) is 0 Å². The molecule has 1 aliphatic heterocycles. The summed E-state index contributed by atoms with van der Waals surface area (Å²) in [6.45, 7) is 4.69. The monoisotopic (exact) mass is 357 g/mol. The van der Waals surface area contributed by atoms with Crippen LogP contribution in [-0.2, 0) is 17.8 Å². The highest BCUT2D eigenvalue weighted by atomic mass is 16.5. The number of carbonyl (C=O) groups is 1. The maximum Gasteiger partial charge on any atom is 0.290 e. The summed E-state index contributed by atoms with van der Waals surface area (Å²) in [4.78, 5) is 14.8. The highest BCUT2D eigenvalue weighted by Crippen LogP contribution is 2.32. The molecule has 1 aliphatic carbocycles. The standard InChI is InChI=1S/C20H27N3O3/c1-14-7-8-26-19(14)20(24)22-11-16-9-21-23(10-15-5-3-4-6-15)18(16)17(12-22)13-25-2/h7-9,15,17H,3-6,10-13H2,1-2H3. The van der Waals surface area contributed by atoms with Gasteiger partial charge >= 0.3 is 0 Å². The molecule has 1 fully saturated rings. The summed E-state index contributed by atoms with van der Waals surface area (Å²) >= 11 is 0. The molecule has 1 atom stereocenters. The Morgan fingerprint density at radius 3 is 2.88 bits per heavy atom. The number of ether oxygens (including phenoxy) is 1. The summed E-state index contributed by atoms with van der Waals surface area (Å²) in [5.41, 5.74) is 3.26. The lowest BCUT2D eigenvalue weighted by molar-refractivity contribution is 0.0642. The van der Waals surface area contributed by atoms with Crippen molar-refractivity contribution in [2.45, 2.75) is 51.6 Å². The van der Waals surface area contributed by atoms with Crippen LogP contribution in [-0.4, -0.2) is 40.8 Å². The van der Waals surface area contributed by atoms with Crippen LogP contribution in [0.5, 0.6) is 0 Å². The second-order valence-corrected chi connectivity index (χ2v) is 7.66. The Kier molecular flexibility index (Phi) is 4.85. The Bertz CT molecular complexity index is 773. The molecule has 0 spiro atoms. The predicted octanol–water partition coefficient (Wildman–Crippen LogP) is 3.36. The Hall–Kier alpha value is -2.08. The van der Waals surface area contributed by atoms with Gasteiger partial charge in [0.05, 0.1) is 24.8 Å². The summed E-state index contributed by atoms with van der Waals surface area (Å²) in [6, 6.07) is 1.83. The maximum absolute atomic E-state index is 12.9. The maximum atomic E-state index is 12.9. The Morgan fingerprint density at radius 1 is 1.38 bits per heavy atom. The summed E-state index contributed by atoms with van der Waals surface area (Å²) < 4.78 is 13.1. The fourth-order valence-corrected chi connectivity index (χ4v) is 4.46. The van der Waals surface area contributed by atoms with Crippen LogP contribution >= 0.6 is 0 Å². The topological polar surface area (TPSA) is 60.5 Å². The average Bonchev–Trinajstić information content (AvgIpc) is 3.37. The molecule has 1 amide bonds. The molecule has 26 heavy (non-hydrogen) atoms. The zero-order valence-corrected chi connectivity index (χ0v) is 15.6. The van der Waals surface area contributed by atoms with E-state index in [9.17, 15) is 4.79 Å². The van der Waals surface area contributed by atoms with Gasteiger partial charge in [-0.2, -0.15) is 5.10 Å². The van der Waals surface area contributed by atoms with Crippen LogP contribution in [0.25, 0.3) is 0 Å². The van der Waals surface area contributed by atoms with E-state index in [1.165, 1.54) is 31.4 Å². The molecule has 2 aromatic heterocycles. The van der Waals surface area contributed by atoms with Gasteiger partial charge in [-0.05, 0) is 31.7 Å². The van der Waals surface area contributed by atoms with Crippen molar-refractivity contribution in [1.82, 2.24) is 14.7 Å². The summed E-state index contributed by atoms with van der Waals surface area (Å²) in [7, 11) is 1.72. The van der Waals surface area contributed by atoms with Gasteiger partial charge in [-0.3, -0.25) is 9.48 Å². The largest absolute Gasteiger partial charge is 0.459 e. The number of amides is 1. The first-order valence-electron chi connectivity index (χ1n) is 9.54. The quantitative estimate of drug-likeness (QED) is 0.823. The molecule has 0 bridgehead atoms.